The summed E-state index contributed by atoms with van der Waals surface area (Å²) in [5.41, 5.74) is 0.135. The molecule has 3 unspecified atom stereocenters. The molecule has 7 heteroatoms. The SMILES string of the molecule is CCN=C(NC1C2CCCOC2C1(C)C)N1CCN(CC(=O)NC(C)C)CC1. The molecule has 1 saturated carbocycles. The molecule has 0 radical (unpaired) electrons. The van der Waals surface area contributed by atoms with Crippen molar-refractivity contribution in [3.63, 3.8) is 0 Å². The van der Waals surface area contributed by atoms with E-state index in [9.17, 15) is 4.79 Å². The third-order valence-corrected chi connectivity index (χ3v) is 6.41. The van der Waals surface area contributed by atoms with Crippen LogP contribution in [0.25, 0.3) is 0 Å². The van der Waals surface area contributed by atoms with Crippen LogP contribution in [0.4, 0.5) is 0 Å². The van der Waals surface area contributed by atoms with Crippen LogP contribution in [0, 0.1) is 11.3 Å². The van der Waals surface area contributed by atoms with Gasteiger partial charge in [-0.2, -0.15) is 0 Å². The van der Waals surface area contributed by atoms with Gasteiger partial charge < -0.3 is 20.3 Å². The van der Waals surface area contributed by atoms with Crippen LogP contribution in [0.1, 0.15) is 47.5 Å². The van der Waals surface area contributed by atoms with Crippen molar-refractivity contribution in [1.29, 1.82) is 0 Å². The van der Waals surface area contributed by atoms with Crippen LogP contribution in [0.2, 0.25) is 0 Å². The highest BCUT2D eigenvalue weighted by molar-refractivity contribution is 5.81. The fourth-order valence-electron chi connectivity index (χ4n) is 5.03. The third kappa shape index (κ3) is 4.62. The van der Waals surface area contributed by atoms with E-state index >= 15 is 0 Å². The van der Waals surface area contributed by atoms with E-state index < -0.39 is 0 Å². The molecule has 7 nitrogen and oxygen atoms in total. The number of hydrogen-bond donors (Lipinski definition) is 2. The van der Waals surface area contributed by atoms with Crippen molar-refractivity contribution in [1.82, 2.24) is 20.4 Å². The number of amides is 1. The lowest BCUT2D eigenvalue weighted by molar-refractivity contribution is -0.188. The van der Waals surface area contributed by atoms with E-state index in [0.717, 1.165) is 51.7 Å². The van der Waals surface area contributed by atoms with Crippen LogP contribution in [-0.4, -0.2) is 85.7 Å². The summed E-state index contributed by atoms with van der Waals surface area (Å²) < 4.78 is 6.05. The van der Waals surface area contributed by atoms with Gasteiger partial charge in [0.25, 0.3) is 0 Å². The van der Waals surface area contributed by atoms with Crippen LogP contribution < -0.4 is 10.6 Å². The molecule has 1 amide bonds. The molecule has 28 heavy (non-hydrogen) atoms. The Balaban J connectivity index is 1.54. The molecule has 3 fully saturated rings. The third-order valence-electron chi connectivity index (χ3n) is 6.41. The zero-order chi connectivity index (χ0) is 20.3. The highest BCUT2D eigenvalue weighted by Gasteiger charge is 2.58. The highest BCUT2D eigenvalue weighted by Crippen LogP contribution is 2.51. The Hall–Kier alpha value is -1.34. The van der Waals surface area contributed by atoms with Gasteiger partial charge in [-0.15, -0.1) is 0 Å². The largest absolute Gasteiger partial charge is 0.377 e. The van der Waals surface area contributed by atoms with Gasteiger partial charge in [-0.3, -0.25) is 14.7 Å². The molecule has 3 atom stereocenters. The molecule has 2 saturated heterocycles. The van der Waals surface area contributed by atoms with Gasteiger partial charge in [-0.25, -0.2) is 0 Å². The molecule has 2 aliphatic heterocycles. The summed E-state index contributed by atoms with van der Waals surface area (Å²) in [6, 6.07) is 0.609. The summed E-state index contributed by atoms with van der Waals surface area (Å²) in [5, 5.41) is 6.77. The molecule has 0 aromatic carbocycles. The van der Waals surface area contributed by atoms with Crippen LogP contribution in [-0.2, 0) is 9.53 Å². The topological polar surface area (TPSA) is 69.2 Å². The van der Waals surface area contributed by atoms with Gasteiger partial charge in [0, 0.05) is 62.7 Å². The number of rotatable bonds is 5. The minimum Gasteiger partial charge on any atom is -0.377 e. The summed E-state index contributed by atoms with van der Waals surface area (Å²) in [7, 11) is 0. The summed E-state index contributed by atoms with van der Waals surface area (Å²) in [4.78, 5) is 21.4. The van der Waals surface area contributed by atoms with E-state index in [1.165, 1.54) is 6.42 Å². The molecule has 0 aromatic rings. The lowest BCUT2D eigenvalue weighted by Crippen LogP contribution is -2.71. The van der Waals surface area contributed by atoms with Crippen LogP contribution in [0.5, 0.6) is 0 Å². The zero-order valence-electron chi connectivity index (χ0n) is 18.3. The fourth-order valence-corrected chi connectivity index (χ4v) is 5.03. The number of nitrogens with zero attached hydrogens (tertiary/aromatic N) is 3. The maximum atomic E-state index is 12.0. The Kier molecular flexibility index (Phi) is 6.86. The molecular weight excluding hydrogens is 354 g/mol. The predicted octanol–water partition coefficient (Wildman–Crippen LogP) is 1.30. The first-order chi connectivity index (χ1) is 13.3. The Labute approximate surface area is 170 Å². The minimum absolute atomic E-state index is 0.114. The number of carbonyl (C=O) groups is 1. The number of piperazine rings is 1. The molecule has 3 rings (SSSR count). The quantitative estimate of drug-likeness (QED) is 0.544. The highest BCUT2D eigenvalue weighted by atomic mass is 16.5. The van der Waals surface area contributed by atoms with Crippen molar-refractivity contribution < 1.29 is 9.53 Å². The van der Waals surface area contributed by atoms with E-state index in [2.05, 4.69) is 41.2 Å². The first-order valence-corrected chi connectivity index (χ1v) is 11.0. The maximum absolute atomic E-state index is 12.0. The number of guanidine groups is 1. The van der Waals surface area contributed by atoms with Gasteiger partial charge in [-0.1, -0.05) is 13.8 Å². The van der Waals surface area contributed by atoms with Crippen molar-refractivity contribution >= 4 is 11.9 Å². The van der Waals surface area contributed by atoms with Gasteiger partial charge in [-0.05, 0) is 33.6 Å². The lowest BCUT2D eigenvalue weighted by Gasteiger charge is -2.60. The minimum atomic E-state index is 0.114. The number of carbonyl (C=O) groups excluding carboxylic acids is 1. The molecule has 3 aliphatic rings. The van der Waals surface area contributed by atoms with Gasteiger partial charge >= 0.3 is 0 Å². The number of nitrogens with one attached hydrogen (secondary N) is 2. The Bertz CT molecular complexity index is 569. The first-order valence-electron chi connectivity index (χ1n) is 11.0. The van der Waals surface area contributed by atoms with E-state index in [1.807, 2.05) is 13.8 Å². The van der Waals surface area contributed by atoms with Crippen molar-refractivity contribution in [2.75, 3.05) is 45.9 Å². The standard InChI is InChI=1S/C21H39N5O2/c1-6-22-20(24-18-16-8-7-13-28-19(16)21(18,4)5)26-11-9-25(10-12-26)14-17(27)23-15(2)3/h15-16,18-19H,6-14H2,1-5H3,(H,22,24)(H,23,27). The van der Waals surface area contributed by atoms with E-state index in [4.69, 9.17) is 9.73 Å². The fraction of sp³-hybridized carbons (Fsp3) is 0.905. The molecule has 0 aromatic heterocycles. The van der Waals surface area contributed by atoms with Crippen LogP contribution >= 0.6 is 0 Å². The first kappa shape index (κ1) is 21.4. The van der Waals surface area contributed by atoms with Gasteiger partial charge in [0.05, 0.1) is 12.6 Å². The zero-order valence-corrected chi connectivity index (χ0v) is 18.3. The lowest BCUT2D eigenvalue weighted by atomic mass is 9.55. The average molecular weight is 394 g/mol. The smallest absolute Gasteiger partial charge is 0.234 e. The number of hydrogen-bond acceptors (Lipinski definition) is 4. The summed E-state index contributed by atoms with van der Waals surface area (Å²) in [5.74, 6) is 1.73. The normalized spacial score (nSPS) is 30.6. The van der Waals surface area contributed by atoms with Crippen molar-refractivity contribution in [3.05, 3.63) is 0 Å². The molecule has 1 aliphatic carbocycles. The number of ether oxygens (including phenoxy) is 1. The second kappa shape index (κ2) is 8.99. The number of aliphatic imine (C=N–C) groups is 1. The summed E-state index contributed by atoms with van der Waals surface area (Å²) in [6.07, 6.45) is 2.77. The molecule has 0 bridgehead atoms. The molecule has 160 valence electrons. The van der Waals surface area contributed by atoms with Crippen molar-refractivity contribution in [3.8, 4) is 0 Å². The monoisotopic (exact) mass is 393 g/mol. The van der Waals surface area contributed by atoms with Gasteiger partial charge in [0.15, 0.2) is 5.96 Å². The van der Waals surface area contributed by atoms with Crippen LogP contribution in [0.15, 0.2) is 4.99 Å². The Morgan fingerprint density at radius 2 is 1.96 bits per heavy atom. The van der Waals surface area contributed by atoms with Gasteiger partial charge in [0.1, 0.15) is 0 Å². The molecule has 2 N–H and O–H groups in total. The van der Waals surface area contributed by atoms with E-state index in [0.29, 0.717) is 24.6 Å². The van der Waals surface area contributed by atoms with Gasteiger partial charge in [0.2, 0.25) is 5.91 Å². The van der Waals surface area contributed by atoms with E-state index in [1.54, 1.807) is 0 Å². The average Bonchev–Trinajstić information content (AvgIpc) is 2.65. The summed E-state index contributed by atoms with van der Waals surface area (Å²) >= 11 is 0. The predicted molar refractivity (Wildman–Crippen MR) is 112 cm³/mol. The Morgan fingerprint density at radius 1 is 1.25 bits per heavy atom. The maximum Gasteiger partial charge on any atom is 0.234 e. The van der Waals surface area contributed by atoms with Crippen molar-refractivity contribution in [2.45, 2.75) is 65.6 Å². The summed E-state index contributed by atoms with van der Waals surface area (Å²) in [6.45, 7) is 16.4. The van der Waals surface area contributed by atoms with Crippen LogP contribution in [0.3, 0.4) is 0 Å². The number of fused-ring (bicyclic) bond motifs is 1. The second-order valence-electron chi connectivity index (χ2n) is 9.32. The van der Waals surface area contributed by atoms with Crippen molar-refractivity contribution in [2.24, 2.45) is 16.3 Å². The molecule has 0 spiro atoms. The van der Waals surface area contributed by atoms with E-state index in [-0.39, 0.29) is 17.4 Å². The molecular formula is C21H39N5O2. The Morgan fingerprint density at radius 3 is 2.61 bits per heavy atom. The second-order valence-corrected chi connectivity index (χ2v) is 9.32. The molecule has 2 heterocycles.